The van der Waals surface area contributed by atoms with Gasteiger partial charge < -0.3 is 19.6 Å². The highest BCUT2D eigenvalue weighted by Gasteiger charge is 2.50. The predicted octanol–water partition coefficient (Wildman–Crippen LogP) is 5.50. The lowest BCUT2D eigenvalue weighted by atomic mass is 10.2. The minimum Gasteiger partial charge on any atom is -0.463 e. The summed E-state index contributed by atoms with van der Waals surface area (Å²) in [4.78, 5) is 44.4. The van der Waals surface area contributed by atoms with Crippen molar-refractivity contribution in [1.29, 1.82) is 0 Å². The summed E-state index contributed by atoms with van der Waals surface area (Å²) < 4.78 is 13.4. The van der Waals surface area contributed by atoms with Gasteiger partial charge in [-0.25, -0.2) is 14.6 Å². The highest BCUT2D eigenvalue weighted by atomic mass is 28.4. The van der Waals surface area contributed by atoms with Crippen molar-refractivity contribution in [2.45, 2.75) is 44.9 Å². The van der Waals surface area contributed by atoms with Crippen molar-refractivity contribution in [1.82, 2.24) is 19.7 Å². The molecule has 0 bridgehead atoms. The van der Waals surface area contributed by atoms with Gasteiger partial charge in [-0.1, -0.05) is 112 Å². The first-order valence-corrected chi connectivity index (χ1v) is 17.5. The van der Waals surface area contributed by atoms with Crippen LogP contribution in [0.5, 0.6) is 0 Å². The molecule has 0 aliphatic carbocycles. The van der Waals surface area contributed by atoms with Crippen molar-refractivity contribution in [3.05, 3.63) is 115 Å². The van der Waals surface area contributed by atoms with E-state index >= 15 is 0 Å². The van der Waals surface area contributed by atoms with E-state index in [1.165, 1.54) is 30.3 Å². The molecule has 2 aromatic heterocycles. The first-order chi connectivity index (χ1) is 23.0. The Morgan fingerprint density at radius 2 is 1.48 bits per heavy atom. The van der Waals surface area contributed by atoms with Gasteiger partial charge in [0.05, 0.1) is 11.7 Å². The van der Waals surface area contributed by atoms with Crippen LogP contribution in [0.1, 0.15) is 32.8 Å². The van der Waals surface area contributed by atoms with Crippen molar-refractivity contribution >= 4 is 53.6 Å². The van der Waals surface area contributed by atoms with Gasteiger partial charge >= 0.3 is 12.2 Å². The summed E-state index contributed by atoms with van der Waals surface area (Å²) in [6.07, 6.45) is -0.454. The van der Waals surface area contributed by atoms with E-state index in [2.05, 4.69) is 60.4 Å². The number of hydrogen-bond acceptors (Lipinski definition) is 7. The molecule has 0 aliphatic rings. The molecule has 0 radical (unpaired) electrons. The number of fused-ring (bicyclic) bond motifs is 1. The number of benzene rings is 3. The predicted molar refractivity (Wildman–Crippen MR) is 186 cm³/mol. The molecule has 0 aliphatic heterocycles. The van der Waals surface area contributed by atoms with Gasteiger partial charge in [0.25, 0.3) is 8.32 Å². The lowest BCUT2D eigenvalue weighted by molar-refractivity contribution is -0.121. The molecule has 2 heterocycles. The summed E-state index contributed by atoms with van der Waals surface area (Å²) in [6, 6.07) is 31.6. The van der Waals surface area contributed by atoms with E-state index in [1.54, 1.807) is 0 Å². The largest absolute Gasteiger partial charge is 0.463 e. The molecule has 0 saturated carbocycles. The fourth-order valence-electron chi connectivity index (χ4n) is 5.88. The number of ether oxygens (including phenoxy) is 1. The third-order valence-corrected chi connectivity index (χ3v) is 13.3. The number of nitrogens with one attached hydrogen (secondary N) is 1. The van der Waals surface area contributed by atoms with Crippen LogP contribution >= 0.6 is 0 Å². The molecule has 0 fully saturated rings. The summed E-state index contributed by atoms with van der Waals surface area (Å²) >= 11 is 0. The van der Waals surface area contributed by atoms with Gasteiger partial charge in [-0.05, 0) is 39.5 Å². The van der Waals surface area contributed by atoms with E-state index in [4.69, 9.17) is 9.16 Å². The summed E-state index contributed by atoms with van der Waals surface area (Å²) in [7, 11) is -1.40. The highest BCUT2D eigenvalue weighted by Crippen LogP contribution is 2.37. The molecule has 12 heteroatoms. The molecule has 3 aromatic carbocycles. The monoisotopic (exact) mass is 665 g/mol. The lowest BCUT2D eigenvalue weighted by Crippen LogP contribution is -2.66. The molecule has 11 nitrogen and oxygen atoms in total. The Morgan fingerprint density at radius 1 is 0.896 bits per heavy atom. The van der Waals surface area contributed by atoms with Gasteiger partial charge in [0, 0.05) is 13.7 Å². The fourth-order valence-corrected chi connectivity index (χ4v) is 10.5. The number of anilines is 1. The highest BCUT2D eigenvalue weighted by molar-refractivity contribution is 6.99. The average molecular weight is 666 g/mol. The van der Waals surface area contributed by atoms with E-state index in [1.807, 2.05) is 66.7 Å². The van der Waals surface area contributed by atoms with Crippen molar-refractivity contribution < 1.29 is 28.7 Å². The van der Waals surface area contributed by atoms with E-state index in [-0.39, 0.29) is 41.5 Å². The smallest absolute Gasteiger partial charge is 0.432 e. The third kappa shape index (κ3) is 7.29. The quantitative estimate of drug-likeness (QED) is 0.177. The van der Waals surface area contributed by atoms with Gasteiger partial charge in [0.1, 0.15) is 24.0 Å². The number of hydrogen-bond donors (Lipinski definition) is 2. The maximum Gasteiger partial charge on any atom is 0.432 e. The summed E-state index contributed by atoms with van der Waals surface area (Å²) in [6.45, 7) is 6.72. The van der Waals surface area contributed by atoms with Gasteiger partial charge in [0.15, 0.2) is 0 Å². The van der Waals surface area contributed by atoms with Crippen LogP contribution in [0.3, 0.4) is 0 Å². The van der Waals surface area contributed by atoms with E-state index in [9.17, 15) is 19.5 Å². The molecule has 0 saturated heterocycles. The maximum atomic E-state index is 13.9. The van der Waals surface area contributed by atoms with Crippen LogP contribution in [-0.2, 0) is 20.6 Å². The Balaban J connectivity index is 1.42. The van der Waals surface area contributed by atoms with E-state index in [0.717, 1.165) is 20.6 Å². The standard InChI is InChI=1S/C36H39N5O6Si/c1-36(2,3)48(27-16-10-6-11-17-27,28-18-12-7-13-19-28)47-23-22-31(40(4)35(45)46-25-26-14-8-5-9-15-26)33(42)39-32-21-20-30-29(38-32)24-37-41(30)34(43)44/h5-21,24,31H,22-23,25H2,1-4H3,(H,43,44)(H,38,39,42). The van der Waals surface area contributed by atoms with Crippen LogP contribution in [0.25, 0.3) is 11.0 Å². The number of likely N-dealkylation sites (N-methyl/N-ethyl adjacent to an activating group) is 1. The maximum absolute atomic E-state index is 13.9. The Labute approximate surface area is 280 Å². The van der Waals surface area contributed by atoms with Crippen molar-refractivity contribution in [2.75, 3.05) is 19.0 Å². The Hall–Kier alpha value is -5.33. The lowest BCUT2D eigenvalue weighted by Gasteiger charge is -2.43. The van der Waals surface area contributed by atoms with Crippen LogP contribution < -0.4 is 15.7 Å². The number of amides is 2. The van der Waals surface area contributed by atoms with E-state index < -0.39 is 32.5 Å². The van der Waals surface area contributed by atoms with Crippen LogP contribution in [0.4, 0.5) is 15.4 Å². The second-order valence-corrected chi connectivity index (χ2v) is 16.7. The molecule has 0 spiro atoms. The molecule has 1 unspecified atom stereocenters. The number of carboxylic acid groups (broad SMARTS) is 1. The second kappa shape index (κ2) is 14.6. The molecule has 248 valence electrons. The Kier molecular flexibility index (Phi) is 10.4. The third-order valence-electron chi connectivity index (χ3n) is 8.25. The van der Waals surface area contributed by atoms with Crippen LogP contribution in [0.2, 0.25) is 5.04 Å². The van der Waals surface area contributed by atoms with E-state index in [0.29, 0.717) is 0 Å². The summed E-state index contributed by atoms with van der Waals surface area (Å²) in [5, 5.41) is 17.9. The molecule has 48 heavy (non-hydrogen) atoms. The van der Waals surface area contributed by atoms with Crippen molar-refractivity contribution in [3.8, 4) is 0 Å². The van der Waals surface area contributed by atoms with Gasteiger partial charge in [0.2, 0.25) is 5.91 Å². The summed E-state index contributed by atoms with van der Waals surface area (Å²) in [5.74, 6) is -0.320. The average Bonchev–Trinajstić information content (AvgIpc) is 3.51. The number of pyridine rings is 1. The molecular formula is C36H39N5O6Si. The number of nitrogens with zero attached hydrogens (tertiary/aromatic N) is 4. The number of rotatable bonds is 11. The molecule has 5 aromatic rings. The molecule has 1 atom stereocenters. The second-order valence-electron chi connectivity index (χ2n) is 12.4. The van der Waals surface area contributed by atoms with Crippen LogP contribution in [0, 0.1) is 0 Å². The van der Waals surface area contributed by atoms with Crippen LogP contribution in [0.15, 0.2) is 109 Å². The van der Waals surface area contributed by atoms with Gasteiger partial charge in [-0.3, -0.25) is 9.69 Å². The van der Waals surface area contributed by atoms with Crippen molar-refractivity contribution in [2.24, 2.45) is 0 Å². The fraction of sp³-hybridized carbons (Fsp3) is 0.250. The Morgan fingerprint density at radius 3 is 2.04 bits per heavy atom. The normalized spacial score (nSPS) is 12.3. The minimum absolute atomic E-state index is 0.0444. The first kappa shape index (κ1) is 34.0. The zero-order valence-electron chi connectivity index (χ0n) is 27.4. The molecule has 2 amide bonds. The zero-order chi connectivity index (χ0) is 34.3. The van der Waals surface area contributed by atoms with Crippen molar-refractivity contribution in [3.63, 3.8) is 0 Å². The minimum atomic E-state index is -2.92. The topological polar surface area (TPSA) is 136 Å². The van der Waals surface area contributed by atoms with Crippen LogP contribution in [-0.4, -0.2) is 70.9 Å². The SMILES string of the molecule is CN(C(=O)OCc1ccccc1)C(CCO[Si](c1ccccc1)(c1ccccc1)C(C)(C)C)C(=O)Nc1ccc2c(cnn2C(=O)O)n1. The number of carbonyl (C=O) groups is 3. The Bertz CT molecular complexity index is 1820. The summed E-state index contributed by atoms with van der Waals surface area (Å²) in [5.41, 5.74) is 1.38. The first-order valence-electron chi connectivity index (χ1n) is 15.6. The zero-order valence-corrected chi connectivity index (χ0v) is 28.4. The number of carbonyl (C=O) groups excluding carboxylic acids is 2. The van der Waals surface area contributed by atoms with Gasteiger partial charge in [-0.15, -0.1) is 0 Å². The molecular weight excluding hydrogens is 627 g/mol. The molecule has 5 rings (SSSR count). The van der Waals surface area contributed by atoms with Gasteiger partial charge in [-0.2, -0.15) is 9.78 Å². The number of aromatic nitrogens is 3. The molecule has 2 N–H and O–H groups in total.